The number of nitrogens with zero attached hydrogens (tertiary/aromatic N) is 2. The molecule has 1 aliphatic heterocycles. The second-order valence-electron chi connectivity index (χ2n) is 9.83. The molecule has 0 fully saturated rings. The maximum atomic E-state index is 15.0. The van der Waals surface area contributed by atoms with E-state index in [1.807, 2.05) is 30.3 Å². The first-order valence-electron chi connectivity index (χ1n) is 12.1. The number of aromatic nitrogens is 2. The molecular weight excluding hydrogens is 487 g/mol. The van der Waals surface area contributed by atoms with E-state index < -0.39 is 23.4 Å². The zero-order chi connectivity index (χ0) is 27.0. The van der Waals surface area contributed by atoms with Crippen LogP contribution in [0.3, 0.4) is 0 Å². The first-order chi connectivity index (χ1) is 18.1. The summed E-state index contributed by atoms with van der Waals surface area (Å²) in [6.07, 6.45) is 3.27. The van der Waals surface area contributed by atoms with Crippen molar-refractivity contribution in [2.75, 3.05) is 11.9 Å². The minimum Gasteiger partial charge on any atom is -0.453 e. The Balaban J connectivity index is 1.39. The highest BCUT2D eigenvalue weighted by Gasteiger charge is 2.43. The van der Waals surface area contributed by atoms with Crippen LogP contribution in [0.15, 0.2) is 84.3 Å². The summed E-state index contributed by atoms with van der Waals surface area (Å²) < 4.78 is 20.7. The van der Waals surface area contributed by atoms with Crippen molar-refractivity contribution in [3.05, 3.63) is 95.7 Å². The number of anilines is 1. The summed E-state index contributed by atoms with van der Waals surface area (Å²) in [6.45, 7) is 5.11. The SMILES string of the molecule is CC1=C(C(=O)Nc2ccc(Oc3ccnc4[nH]ccc34)c(F)c2)C(=O)C(c2ccccc2)N1CC(C)(C)O. The van der Waals surface area contributed by atoms with Crippen LogP contribution in [0.1, 0.15) is 32.4 Å². The van der Waals surface area contributed by atoms with Crippen molar-refractivity contribution in [2.24, 2.45) is 0 Å². The van der Waals surface area contributed by atoms with Crippen LogP contribution >= 0.6 is 0 Å². The first-order valence-corrected chi connectivity index (χ1v) is 12.1. The molecule has 0 radical (unpaired) electrons. The van der Waals surface area contributed by atoms with Crippen LogP contribution in [0.2, 0.25) is 0 Å². The lowest BCUT2D eigenvalue weighted by Gasteiger charge is -2.33. The fourth-order valence-corrected chi connectivity index (χ4v) is 4.66. The molecular formula is C29H27FN4O4. The monoisotopic (exact) mass is 514 g/mol. The fraction of sp³-hybridized carbons (Fsp3) is 0.207. The lowest BCUT2D eigenvalue weighted by atomic mass is 9.99. The van der Waals surface area contributed by atoms with Gasteiger partial charge in [-0.1, -0.05) is 30.3 Å². The Morgan fingerprint density at radius 1 is 1.16 bits per heavy atom. The van der Waals surface area contributed by atoms with Crippen LogP contribution in [-0.4, -0.2) is 43.8 Å². The second-order valence-corrected chi connectivity index (χ2v) is 9.83. The van der Waals surface area contributed by atoms with Gasteiger partial charge in [-0.15, -0.1) is 0 Å². The van der Waals surface area contributed by atoms with E-state index in [1.165, 1.54) is 12.1 Å². The molecule has 38 heavy (non-hydrogen) atoms. The number of Topliss-reactive ketones (excluding diaryl/α,β-unsaturated/α-hetero) is 1. The van der Waals surface area contributed by atoms with Gasteiger partial charge in [-0.2, -0.15) is 0 Å². The van der Waals surface area contributed by atoms with Crippen molar-refractivity contribution in [3.63, 3.8) is 0 Å². The van der Waals surface area contributed by atoms with Gasteiger partial charge in [0.1, 0.15) is 23.0 Å². The molecule has 2 aromatic carbocycles. The van der Waals surface area contributed by atoms with Crippen molar-refractivity contribution in [3.8, 4) is 11.5 Å². The Bertz CT molecular complexity index is 1560. The quantitative estimate of drug-likeness (QED) is 0.296. The minimum absolute atomic E-state index is 0.0236. The summed E-state index contributed by atoms with van der Waals surface area (Å²) in [5.41, 5.74) is 0.799. The number of nitrogens with one attached hydrogen (secondary N) is 2. The smallest absolute Gasteiger partial charge is 0.261 e. The fourth-order valence-electron chi connectivity index (χ4n) is 4.66. The van der Waals surface area contributed by atoms with Crippen LogP contribution in [0, 0.1) is 5.82 Å². The second kappa shape index (κ2) is 9.75. The molecule has 4 aromatic rings. The van der Waals surface area contributed by atoms with Crippen molar-refractivity contribution >= 4 is 28.4 Å². The molecule has 3 N–H and O–H groups in total. The zero-order valence-corrected chi connectivity index (χ0v) is 21.2. The van der Waals surface area contributed by atoms with Crippen molar-refractivity contribution < 1.29 is 23.8 Å². The van der Waals surface area contributed by atoms with E-state index in [2.05, 4.69) is 15.3 Å². The van der Waals surface area contributed by atoms with Gasteiger partial charge in [0.05, 0.1) is 11.0 Å². The number of hydrogen-bond acceptors (Lipinski definition) is 6. The number of pyridine rings is 1. The van der Waals surface area contributed by atoms with Crippen LogP contribution in [0.25, 0.3) is 11.0 Å². The Morgan fingerprint density at radius 3 is 2.63 bits per heavy atom. The topological polar surface area (TPSA) is 108 Å². The van der Waals surface area contributed by atoms with Gasteiger partial charge in [-0.3, -0.25) is 9.59 Å². The first kappa shape index (κ1) is 25.2. The predicted octanol–water partition coefficient (Wildman–Crippen LogP) is 5.10. The number of halogens is 1. The number of rotatable bonds is 7. The summed E-state index contributed by atoms with van der Waals surface area (Å²) in [7, 11) is 0. The number of ether oxygens (including phenoxy) is 1. The normalized spacial score (nSPS) is 15.9. The Labute approximate surface area is 218 Å². The van der Waals surface area contributed by atoms with Crippen molar-refractivity contribution in [1.29, 1.82) is 0 Å². The Morgan fingerprint density at radius 2 is 1.92 bits per heavy atom. The number of carbonyl (C=O) groups is 2. The van der Waals surface area contributed by atoms with E-state index >= 15 is 0 Å². The minimum atomic E-state index is -1.11. The number of carbonyl (C=O) groups excluding carboxylic acids is 2. The molecule has 1 unspecified atom stereocenters. The third kappa shape index (κ3) is 4.88. The summed E-state index contributed by atoms with van der Waals surface area (Å²) >= 11 is 0. The summed E-state index contributed by atoms with van der Waals surface area (Å²) in [5.74, 6) is -1.31. The maximum Gasteiger partial charge on any atom is 0.261 e. The standard InChI is InChI=1S/C29H27FN4O4/c1-17-24(26(35)25(18-7-5-4-6-8-18)34(17)16-29(2,3)37)28(36)33-19-9-10-23(21(30)15-19)38-22-12-14-32-27-20(22)11-13-31-27/h4-15,25,37H,16H2,1-3H3,(H,31,32)(H,33,36). The number of fused-ring (bicyclic) bond motifs is 1. The van der Waals surface area contributed by atoms with E-state index in [0.717, 1.165) is 6.07 Å². The van der Waals surface area contributed by atoms with E-state index in [1.54, 1.807) is 50.2 Å². The molecule has 1 amide bonds. The highest BCUT2D eigenvalue weighted by Crippen LogP contribution is 2.38. The molecule has 0 bridgehead atoms. The summed E-state index contributed by atoms with van der Waals surface area (Å²) in [4.78, 5) is 35.7. The molecule has 8 nitrogen and oxygen atoms in total. The molecule has 0 saturated carbocycles. The van der Waals surface area contributed by atoms with Gasteiger partial charge in [-0.25, -0.2) is 9.37 Å². The third-order valence-corrected chi connectivity index (χ3v) is 6.33. The predicted molar refractivity (Wildman–Crippen MR) is 141 cm³/mol. The average Bonchev–Trinajstić information content (AvgIpc) is 3.43. The lowest BCUT2D eigenvalue weighted by Crippen LogP contribution is -2.39. The van der Waals surface area contributed by atoms with Gasteiger partial charge < -0.3 is 25.0 Å². The number of hydrogen-bond donors (Lipinski definition) is 3. The molecule has 5 rings (SSSR count). The maximum absolute atomic E-state index is 15.0. The Kier molecular flexibility index (Phi) is 6.46. The van der Waals surface area contributed by atoms with Crippen molar-refractivity contribution in [2.45, 2.75) is 32.4 Å². The number of H-pyrrole nitrogens is 1. The number of β-amino-alcohol motifs (C(OH)–C–C–N with tert-alkyl or cyclic N) is 1. The molecule has 9 heteroatoms. The molecule has 1 atom stereocenters. The highest BCUT2D eigenvalue weighted by molar-refractivity contribution is 6.26. The number of allylic oxidation sites excluding steroid dienone is 1. The van der Waals surface area contributed by atoms with E-state index in [9.17, 15) is 19.1 Å². The van der Waals surface area contributed by atoms with Crippen LogP contribution in [-0.2, 0) is 9.59 Å². The lowest BCUT2D eigenvalue weighted by molar-refractivity contribution is -0.121. The molecule has 0 saturated heterocycles. The number of amides is 1. The summed E-state index contributed by atoms with van der Waals surface area (Å²) in [6, 6.07) is 15.8. The van der Waals surface area contributed by atoms with E-state index in [4.69, 9.17) is 4.74 Å². The molecule has 2 aromatic heterocycles. The van der Waals surface area contributed by atoms with Crippen molar-refractivity contribution in [1.82, 2.24) is 14.9 Å². The van der Waals surface area contributed by atoms with E-state index in [0.29, 0.717) is 28.0 Å². The third-order valence-electron chi connectivity index (χ3n) is 6.33. The van der Waals surface area contributed by atoms with E-state index in [-0.39, 0.29) is 29.3 Å². The Hall–Kier alpha value is -4.50. The zero-order valence-electron chi connectivity index (χ0n) is 21.2. The molecule has 0 aliphatic carbocycles. The largest absolute Gasteiger partial charge is 0.453 e. The number of aliphatic hydroxyl groups is 1. The molecule has 194 valence electrons. The highest BCUT2D eigenvalue weighted by atomic mass is 19.1. The molecule has 1 aliphatic rings. The average molecular weight is 515 g/mol. The van der Waals surface area contributed by atoms with Crippen LogP contribution in [0.5, 0.6) is 11.5 Å². The van der Waals surface area contributed by atoms with Gasteiger partial charge in [0.15, 0.2) is 17.3 Å². The molecule has 3 heterocycles. The number of aromatic amines is 1. The van der Waals surface area contributed by atoms with Gasteiger partial charge in [0.25, 0.3) is 5.91 Å². The van der Waals surface area contributed by atoms with Gasteiger partial charge in [0.2, 0.25) is 0 Å². The van der Waals surface area contributed by atoms with Gasteiger partial charge >= 0.3 is 0 Å². The number of benzene rings is 2. The van der Waals surface area contributed by atoms with Gasteiger partial charge in [0, 0.05) is 36.4 Å². The van der Waals surface area contributed by atoms with Gasteiger partial charge in [-0.05, 0) is 50.6 Å². The summed E-state index contributed by atoms with van der Waals surface area (Å²) in [5, 5.41) is 13.8. The van der Waals surface area contributed by atoms with Crippen LogP contribution in [0.4, 0.5) is 10.1 Å². The number of ketones is 1. The van der Waals surface area contributed by atoms with Crippen LogP contribution < -0.4 is 10.1 Å². The molecule has 0 spiro atoms.